The number of sulfone groups is 1. The summed E-state index contributed by atoms with van der Waals surface area (Å²) >= 11 is 0. The van der Waals surface area contributed by atoms with E-state index in [0.29, 0.717) is 0 Å². The summed E-state index contributed by atoms with van der Waals surface area (Å²) in [6.45, 7) is 1.99. The molecule has 1 heterocycles. The Labute approximate surface area is 112 Å². The predicted molar refractivity (Wildman–Crippen MR) is 74.5 cm³/mol. The third kappa shape index (κ3) is 3.90. The molecule has 1 amide bonds. The summed E-state index contributed by atoms with van der Waals surface area (Å²) in [5.41, 5.74) is 1.75. The standard InChI is InChI=1S/C13H16N2O3S/c1-10-4-2-3-5-12(10)15-13(16)8-14-11-6-7-19(17,18)9-11/h2-7,11,14H,8-9H2,1H3,(H,15,16). The van der Waals surface area contributed by atoms with Crippen LogP contribution < -0.4 is 10.6 Å². The molecule has 0 radical (unpaired) electrons. The van der Waals surface area contributed by atoms with Crippen LogP contribution in [-0.4, -0.2) is 32.7 Å². The van der Waals surface area contributed by atoms with Crippen LogP contribution in [0.5, 0.6) is 0 Å². The number of para-hydroxylation sites is 1. The minimum Gasteiger partial charge on any atom is -0.325 e. The van der Waals surface area contributed by atoms with Crippen LogP contribution in [0.25, 0.3) is 0 Å². The number of anilines is 1. The highest BCUT2D eigenvalue weighted by Crippen LogP contribution is 2.12. The largest absolute Gasteiger partial charge is 0.325 e. The Morgan fingerprint density at radius 3 is 2.74 bits per heavy atom. The number of nitrogens with one attached hydrogen (secondary N) is 2. The zero-order chi connectivity index (χ0) is 13.9. The molecule has 1 aliphatic rings. The number of hydrogen-bond donors (Lipinski definition) is 2. The fourth-order valence-corrected chi connectivity index (χ4v) is 3.10. The van der Waals surface area contributed by atoms with Gasteiger partial charge in [-0.1, -0.05) is 24.3 Å². The van der Waals surface area contributed by atoms with Crippen molar-refractivity contribution in [3.8, 4) is 0 Å². The van der Waals surface area contributed by atoms with E-state index >= 15 is 0 Å². The van der Waals surface area contributed by atoms with Crippen molar-refractivity contribution in [1.29, 1.82) is 0 Å². The Balaban J connectivity index is 1.83. The molecule has 0 fully saturated rings. The zero-order valence-electron chi connectivity index (χ0n) is 10.6. The maximum atomic E-state index is 11.7. The van der Waals surface area contributed by atoms with Crippen molar-refractivity contribution in [3.63, 3.8) is 0 Å². The van der Waals surface area contributed by atoms with Crippen molar-refractivity contribution in [2.45, 2.75) is 13.0 Å². The second-order valence-electron chi connectivity index (χ2n) is 4.51. The molecule has 0 bridgehead atoms. The summed E-state index contributed by atoms with van der Waals surface area (Å²) in [6, 6.07) is 7.20. The van der Waals surface area contributed by atoms with Gasteiger partial charge in [0.2, 0.25) is 5.91 Å². The van der Waals surface area contributed by atoms with Gasteiger partial charge in [-0.15, -0.1) is 0 Å². The van der Waals surface area contributed by atoms with Crippen molar-refractivity contribution in [2.75, 3.05) is 17.6 Å². The van der Waals surface area contributed by atoms with E-state index in [-0.39, 0.29) is 24.2 Å². The van der Waals surface area contributed by atoms with Gasteiger partial charge in [0.15, 0.2) is 9.84 Å². The summed E-state index contributed by atoms with van der Waals surface area (Å²) in [4.78, 5) is 11.7. The van der Waals surface area contributed by atoms with Gasteiger partial charge in [0.25, 0.3) is 0 Å². The molecule has 1 unspecified atom stereocenters. The first kappa shape index (κ1) is 13.8. The highest BCUT2D eigenvalue weighted by Gasteiger charge is 2.21. The number of aryl methyl sites for hydroxylation is 1. The molecular formula is C13H16N2O3S. The van der Waals surface area contributed by atoms with Crippen LogP contribution in [0.3, 0.4) is 0 Å². The van der Waals surface area contributed by atoms with Gasteiger partial charge < -0.3 is 10.6 Å². The average Bonchev–Trinajstić information content (AvgIpc) is 2.69. The fourth-order valence-electron chi connectivity index (χ4n) is 1.83. The average molecular weight is 280 g/mol. The number of carbonyl (C=O) groups excluding carboxylic acids is 1. The lowest BCUT2D eigenvalue weighted by molar-refractivity contribution is -0.115. The fraction of sp³-hybridized carbons (Fsp3) is 0.308. The van der Waals surface area contributed by atoms with Crippen molar-refractivity contribution >= 4 is 21.4 Å². The van der Waals surface area contributed by atoms with Crippen LogP contribution in [0.1, 0.15) is 5.56 Å². The van der Waals surface area contributed by atoms with Crippen molar-refractivity contribution in [2.24, 2.45) is 0 Å². The molecule has 6 heteroatoms. The smallest absolute Gasteiger partial charge is 0.238 e. The molecule has 102 valence electrons. The molecule has 1 aliphatic heterocycles. The first-order chi connectivity index (χ1) is 8.96. The highest BCUT2D eigenvalue weighted by molar-refractivity contribution is 7.94. The Kier molecular flexibility index (Phi) is 4.01. The Hall–Kier alpha value is -1.66. The molecule has 1 aromatic carbocycles. The SMILES string of the molecule is Cc1ccccc1NC(=O)CNC1C=CS(=O)(=O)C1. The summed E-state index contributed by atoms with van der Waals surface area (Å²) in [5, 5.41) is 6.86. The van der Waals surface area contributed by atoms with Crippen LogP contribution in [0, 0.1) is 6.92 Å². The van der Waals surface area contributed by atoms with E-state index in [2.05, 4.69) is 10.6 Å². The molecule has 0 aliphatic carbocycles. The lowest BCUT2D eigenvalue weighted by Crippen LogP contribution is -2.36. The van der Waals surface area contributed by atoms with Gasteiger partial charge in [-0.25, -0.2) is 8.42 Å². The maximum absolute atomic E-state index is 11.7. The van der Waals surface area contributed by atoms with E-state index in [1.54, 1.807) is 6.08 Å². The highest BCUT2D eigenvalue weighted by atomic mass is 32.2. The van der Waals surface area contributed by atoms with Crippen molar-refractivity contribution in [1.82, 2.24) is 5.32 Å². The lowest BCUT2D eigenvalue weighted by Gasteiger charge is -2.11. The first-order valence-corrected chi connectivity index (χ1v) is 7.68. The third-order valence-electron chi connectivity index (χ3n) is 2.87. The van der Waals surface area contributed by atoms with Crippen LogP contribution in [0.4, 0.5) is 5.69 Å². The molecule has 2 N–H and O–H groups in total. The minimum absolute atomic E-state index is 0.0185. The predicted octanol–water partition coefficient (Wildman–Crippen LogP) is 0.834. The topological polar surface area (TPSA) is 75.3 Å². The molecule has 1 atom stereocenters. The van der Waals surface area contributed by atoms with Crippen LogP contribution in [0.2, 0.25) is 0 Å². The minimum atomic E-state index is -3.08. The molecule has 2 rings (SSSR count). The molecule has 1 aromatic rings. The summed E-state index contributed by atoms with van der Waals surface area (Å²) in [5.74, 6) is -0.169. The van der Waals surface area contributed by atoms with E-state index in [9.17, 15) is 13.2 Å². The second kappa shape index (κ2) is 5.54. The van der Waals surface area contributed by atoms with Crippen molar-refractivity contribution < 1.29 is 13.2 Å². The molecule has 0 aromatic heterocycles. The van der Waals surface area contributed by atoms with Gasteiger partial charge in [0.05, 0.1) is 12.3 Å². The maximum Gasteiger partial charge on any atom is 0.238 e. The summed E-state index contributed by atoms with van der Waals surface area (Å²) in [6.07, 6.45) is 1.57. The quantitative estimate of drug-likeness (QED) is 0.857. The number of benzene rings is 1. The van der Waals surface area contributed by atoms with Gasteiger partial charge in [-0.2, -0.15) is 0 Å². The number of amides is 1. The van der Waals surface area contributed by atoms with E-state index in [1.807, 2.05) is 31.2 Å². The van der Waals surface area contributed by atoms with Crippen LogP contribution in [0.15, 0.2) is 35.7 Å². The lowest BCUT2D eigenvalue weighted by atomic mass is 10.2. The van der Waals surface area contributed by atoms with Gasteiger partial charge in [-0.3, -0.25) is 4.79 Å². The number of hydrogen-bond acceptors (Lipinski definition) is 4. The van der Waals surface area contributed by atoms with Crippen molar-refractivity contribution in [3.05, 3.63) is 41.3 Å². The van der Waals surface area contributed by atoms with E-state index in [1.165, 1.54) is 5.41 Å². The molecule has 19 heavy (non-hydrogen) atoms. The molecule has 0 spiro atoms. The molecule has 0 saturated carbocycles. The number of rotatable bonds is 4. The van der Waals surface area contributed by atoms with Crippen LogP contribution in [-0.2, 0) is 14.6 Å². The Morgan fingerprint density at radius 2 is 2.11 bits per heavy atom. The molecular weight excluding hydrogens is 264 g/mol. The number of carbonyl (C=O) groups is 1. The van der Waals surface area contributed by atoms with Gasteiger partial charge in [0.1, 0.15) is 0 Å². The Bertz CT molecular complexity index is 608. The van der Waals surface area contributed by atoms with Gasteiger partial charge in [-0.05, 0) is 18.6 Å². The molecule has 0 saturated heterocycles. The van der Waals surface area contributed by atoms with Gasteiger partial charge >= 0.3 is 0 Å². The van der Waals surface area contributed by atoms with E-state index in [4.69, 9.17) is 0 Å². The summed E-state index contributed by atoms with van der Waals surface area (Å²) in [7, 11) is -3.08. The van der Waals surface area contributed by atoms with Gasteiger partial charge in [0, 0.05) is 17.1 Å². The Morgan fingerprint density at radius 1 is 1.37 bits per heavy atom. The monoisotopic (exact) mass is 280 g/mol. The first-order valence-electron chi connectivity index (χ1n) is 5.96. The second-order valence-corrected chi connectivity index (χ2v) is 6.44. The molecule has 5 nitrogen and oxygen atoms in total. The summed E-state index contributed by atoms with van der Waals surface area (Å²) < 4.78 is 22.4. The zero-order valence-corrected chi connectivity index (χ0v) is 11.4. The van der Waals surface area contributed by atoms with E-state index in [0.717, 1.165) is 11.3 Å². The van der Waals surface area contributed by atoms with E-state index < -0.39 is 9.84 Å². The normalized spacial score (nSPS) is 20.4. The van der Waals surface area contributed by atoms with Crippen LogP contribution >= 0.6 is 0 Å². The third-order valence-corrected chi connectivity index (χ3v) is 4.27.